The first kappa shape index (κ1) is 18.9. The van der Waals surface area contributed by atoms with Gasteiger partial charge in [-0.15, -0.1) is 0 Å². The van der Waals surface area contributed by atoms with Crippen molar-refractivity contribution < 1.29 is 9.53 Å². The van der Waals surface area contributed by atoms with Crippen molar-refractivity contribution in [3.8, 4) is 0 Å². The van der Waals surface area contributed by atoms with Gasteiger partial charge in [0.2, 0.25) is 5.43 Å². The molecule has 27 heavy (non-hydrogen) atoms. The maximum atomic E-state index is 13.0. The summed E-state index contributed by atoms with van der Waals surface area (Å²) in [6, 6.07) is 16.1. The van der Waals surface area contributed by atoms with E-state index in [1.807, 2.05) is 34.9 Å². The van der Waals surface area contributed by atoms with Gasteiger partial charge < -0.3 is 9.30 Å². The minimum atomic E-state index is -0.553. The highest BCUT2D eigenvalue weighted by molar-refractivity contribution is 5.94. The molecule has 0 radical (unpaired) electrons. The van der Waals surface area contributed by atoms with Gasteiger partial charge in [-0.05, 0) is 43.0 Å². The number of pyridine rings is 1. The Balaban J connectivity index is 2.10. The Morgan fingerprint density at radius 3 is 2.52 bits per heavy atom. The number of esters is 1. The van der Waals surface area contributed by atoms with Crippen molar-refractivity contribution in [1.29, 1.82) is 0 Å². The van der Waals surface area contributed by atoms with Gasteiger partial charge in [0.1, 0.15) is 5.56 Å². The summed E-state index contributed by atoms with van der Waals surface area (Å²) < 4.78 is 7.09. The van der Waals surface area contributed by atoms with E-state index in [4.69, 9.17) is 4.74 Å². The summed E-state index contributed by atoms with van der Waals surface area (Å²) in [5, 5.41) is 0.574. The second-order valence-electron chi connectivity index (χ2n) is 6.65. The molecule has 4 heteroatoms. The summed E-state index contributed by atoms with van der Waals surface area (Å²) in [5.74, 6) is -0.553. The second kappa shape index (κ2) is 8.67. The predicted molar refractivity (Wildman–Crippen MR) is 108 cm³/mol. The number of rotatable bonds is 7. The molecule has 0 atom stereocenters. The van der Waals surface area contributed by atoms with Gasteiger partial charge in [0.15, 0.2) is 0 Å². The highest BCUT2D eigenvalue weighted by Crippen LogP contribution is 2.18. The molecule has 3 aromatic rings. The van der Waals surface area contributed by atoms with E-state index in [0.29, 0.717) is 5.39 Å². The summed E-state index contributed by atoms with van der Waals surface area (Å²) in [5.41, 5.74) is 2.94. The number of nitrogens with zero attached hydrogens (tertiary/aromatic N) is 1. The van der Waals surface area contributed by atoms with Crippen LogP contribution >= 0.6 is 0 Å². The Morgan fingerprint density at radius 1 is 1.04 bits per heavy atom. The van der Waals surface area contributed by atoms with E-state index < -0.39 is 5.97 Å². The third kappa shape index (κ3) is 4.27. The maximum absolute atomic E-state index is 13.0. The lowest BCUT2D eigenvalue weighted by Crippen LogP contribution is -2.21. The van der Waals surface area contributed by atoms with E-state index in [2.05, 4.69) is 25.1 Å². The average Bonchev–Trinajstić information content (AvgIpc) is 2.68. The molecule has 0 amide bonds. The number of ether oxygens (including phenoxy) is 1. The highest BCUT2D eigenvalue weighted by atomic mass is 16.5. The molecule has 0 saturated carbocycles. The van der Waals surface area contributed by atoms with Crippen molar-refractivity contribution >= 4 is 16.9 Å². The molecule has 0 aliphatic carbocycles. The monoisotopic (exact) mass is 363 g/mol. The van der Waals surface area contributed by atoms with Crippen LogP contribution in [0.2, 0.25) is 0 Å². The molecule has 0 unspecified atom stereocenters. The fourth-order valence-corrected chi connectivity index (χ4v) is 3.25. The smallest absolute Gasteiger partial charge is 0.343 e. The zero-order valence-electron chi connectivity index (χ0n) is 15.9. The van der Waals surface area contributed by atoms with Gasteiger partial charge in [-0.25, -0.2) is 4.79 Å². The molecule has 4 nitrogen and oxygen atoms in total. The third-order valence-corrected chi connectivity index (χ3v) is 4.64. The largest absolute Gasteiger partial charge is 0.462 e. The highest BCUT2D eigenvalue weighted by Gasteiger charge is 2.16. The molecule has 0 bridgehead atoms. The van der Waals surface area contributed by atoms with Crippen molar-refractivity contribution in [2.75, 3.05) is 6.61 Å². The number of aryl methyl sites for hydroxylation is 1. The van der Waals surface area contributed by atoms with Crippen LogP contribution in [-0.2, 0) is 17.7 Å². The number of carbonyl (C=O) groups is 1. The minimum Gasteiger partial charge on any atom is -0.462 e. The van der Waals surface area contributed by atoms with E-state index in [1.54, 1.807) is 13.1 Å². The van der Waals surface area contributed by atoms with Crippen molar-refractivity contribution in [2.45, 2.75) is 39.7 Å². The van der Waals surface area contributed by atoms with Crippen LogP contribution in [0.4, 0.5) is 0 Å². The van der Waals surface area contributed by atoms with Crippen LogP contribution in [0.5, 0.6) is 0 Å². The number of unbranched alkanes of at least 4 members (excludes halogenated alkanes) is 1. The van der Waals surface area contributed by atoms with Gasteiger partial charge in [0, 0.05) is 18.1 Å². The van der Waals surface area contributed by atoms with E-state index in [-0.39, 0.29) is 17.6 Å². The summed E-state index contributed by atoms with van der Waals surface area (Å²) in [6.45, 7) is 4.87. The Labute approximate surface area is 159 Å². The molecule has 0 N–H and O–H groups in total. The Hall–Kier alpha value is -2.88. The maximum Gasteiger partial charge on any atom is 0.343 e. The second-order valence-corrected chi connectivity index (χ2v) is 6.65. The van der Waals surface area contributed by atoms with E-state index in [9.17, 15) is 9.59 Å². The van der Waals surface area contributed by atoms with Crippen molar-refractivity contribution in [2.24, 2.45) is 0 Å². The predicted octanol–water partition coefficient (Wildman–Crippen LogP) is 4.57. The summed E-state index contributed by atoms with van der Waals surface area (Å²) >= 11 is 0. The SMILES string of the molecule is CCCCn1cc(C(=O)OCC)c(=O)c2cc(Cc3ccccc3)ccc21. The number of aromatic nitrogens is 1. The molecule has 3 rings (SSSR count). The van der Waals surface area contributed by atoms with Gasteiger partial charge >= 0.3 is 5.97 Å². The van der Waals surface area contributed by atoms with Crippen LogP contribution in [0.1, 0.15) is 48.2 Å². The molecule has 1 heterocycles. The first-order valence-corrected chi connectivity index (χ1v) is 9.51. The molecule has 0 aliphatic rings. The molecule has 0 spiro atoms. The number of hydrogen-bond donors (Lipinski definition) is 0. The molecular weight excluding hydrogens is 338 g/mol. The molecule has 0 aliphatic heterocycles. The molecule has 0 fully saturated rings. The number of carbonyl (C=O) groups excluding carboxylic acids is 1. The number of hydrogen-bond acceptors (Lipinski definition) is 3. The third-order valence-electron chi connectivity index (χ3n) is 4.64. The number of benzene rings is 2. The molecular formula is C23H25NO3. The quantitative estimate of drug-likeness (QED) is 0.578. The van der Waals surface area contributed by atoms with Crippen molar-refractivity contribution in [1.82, 2.24) is 4.57 Å². The van der Waals surface area contributed by atoms with Gasteiger partial charge in [-0.2, -0.15) is 0 Å². The standard InChI is InChI=1S/C23H25NO3/c1-3-5-13-24-16-20(23(26)27-4-2)22(25)19-15-18(11-12-21(19)24)14-17-9-7-6-8-10-17/h6-12,15-16H,3-5,13-14H2,1-2H3. The minimum absolute atomic E-state index is 0.109. The van der Waals surface area contributed by atoms with Gasteiger partial charge in [0.05, 0.1) is 12.1 Å². The number of fused-ring (bicyclic) bond motifs is 1. The zero-order valence-corrected chi connectivity index (χ0v) is 15.9. The van der Waals surface area contributed by atoms with Crippen molar-refractivity contribution in [3.05, 3.63) is 81.6 Å². The molecule has 0 saturated heterocycles. The van der Waals surface area contributed by atoms with Crippen LogP contribution in [-0.4, -0.2) is 17.1 Å². The Morgan fingerprint density at radius 2 is 1.81 bits per heavy atom. The fraction of sp³-hybridized carbons (Fsp3) is 0.304. The molecule has 1 aromatic heterocycles. The lowest BCUT2D eigenvalue weighted by atomic mass is 10.0. The Kier molecular flexibility index (Phi) is 6.07. The zero-order chi connectivity index (χ0) is 19.2. The first-order chi connectivity index (χ1) is 13.1. The summed E-state index contributed by atoms with van der Waals surface area (Å²) in [4.78, 5) is 25.2. The first-order valence-electron chi connectivity index (χ1n) is 9.51. The fourth-order valence-electron chi connectivity index (χ4n) is 3.25. The van der Waals surface area contributed by atoms with Gasteiger partial charge in [-0.3, -0.25) is 4.79 Å². The lowest BCUT2D eigenvalue weighted by Gasteiger charge is -2.14. The van der Waals surface area contributed by atoms with Crippen LogP contribution in [0.15, 0.2) is 59.5 Å². The van der Waals surface area contributed by atoms with Crippen molar-refractivity contribution in [3.63, 3.8) is 0 Å². The molecule has 2 aromatic carbocycles. The summed E-state index contributed by atoms with van der Waals surface area (Å²) in [7, 11) is 0. The molecule has 140 valence electrons. The lowest BCUT2D eigenvalue weighted by molar-refractivity contribution is 0.0524. The topological polar surface area (TPSA) is 48.3 Å². The normalized spacial score (nSPS) is 10.9. The van der Waals surface area contributed by atoms with Crippen LogP contribution in [0.25, 0.3) is 10.9 Å². The average molecular weight is 363 g/mol. The van der Waals surface area contributed by atoms with E-state index >= 15 is 0 Å². The van der Waals surface area contributed by atoms with E-state index in [1.165, 1.54) is 5.56 Å². The van der Waals surface area contributed by atoms with Crippen LogP contribution in [0.3, 0.4) is 0 Å². The Bertz CT molecular complexity index is 990. The summed E-state index contributed by atoms with van der Waals surface area (Å²) in [6.07, 6.45) is 4.41. The van der Waals surface area contributed by atoms with Gasteiger partial charge in [0.25, 0.3) is 0 Å². The van der Waals surface area contributed by atoms with E-state index in [0.717, 1.165) is 36.9 Å². The van der Waals surface area contributed by atoms with Crippen LogP contribution in [0, 0.1) is 0 Å². The van der Waals surface area contributed by atoms with Gasteiger partial charge in [-0.1, -0.05) is 49.7 Å². The van der Waals surface area contributed by atoms with Crippen LogP contribution < -0.4 is 5.43 Å².